The van der Waals surface area contributed by atoms with Crippen LogP contribution in [0, 0.1) is 0 Å². The lowest BCUT2D eigenvalue weighted by atomic mass is 9.96. The Morgan fingerprint density at radius 2 is 2.50 bits per heavy atom. The quantitative estimate of drug-likeness (QED) is 0.500. The van der Waals surface area contributed by atoms with Gasteiger partial charge in [0.2, 0.25) is 0 Å². The zero-order valence-electron chi connectivity index (χ0n) is 7.33. The number of ether oxygens (including phenoxy) is 1. The first-order valence-electron chi connectivity index (χ1n) is 4.98. The smallest absolute Gasteiger partial charge is 0.0917 e. The van der Waals surface area contributed by atoms with Crippen molar-refractivity contribution in [2.24, 2.45) is 0 Å². The van der Waals surface area contributed by atoms with Gasteiger partial charge in [0, 0.05) is 12.6 Å². The molecule has 0 N–H and O–H groups in total. The molecule has 0 saturated carbocycles. The molecule has 3 aliphatic rings. The predicted octanol–water partition coefficient (Wildman–Crippen LogP) is 1.18. The zero-order chi connectivity index (χ0) is 7.97. The van der Waals surface area contributed by atoms with Crippen LogP contribution in [-0.4, -0.2) is 36.7 Å². The summed E-state index contributed by atoms with van der Waals surface area (Å²) in [7, 11) is 0. The van der Waals surface area contributed by atoms with Gasteiger partial charge in [0.05, 0.1) is 12.7 Å². The minimum Gasteiger partial charge on any atom is -0.368 e. The summed E-state index contributed by atoms with van der Waals surface area (Å²) >= 11 is 0. The Labute approximate surface area is 73.2 Å². The van der Waals surface area contributed by atoms with Gasteiger partial charge in [-0.2, -0.15) is 0 Å². The van der Waals surface area contributed by atoms with Gasteiger partial charge in [0.1, 0.15) is 0 Å². The Morgan fingerprint density at radius 3 is 3.50 bits per heavy atom. The van der Waals surface area contributed by atoms with Gasteiger partial charge in [-0.05, 0) is 31.4 Å². The van der Waals surface area contributed by atoms with Crippen LogP contribution in [0.4, 0.5) is 0 Å². The van der Waals surface area contributed by atoms with E-state index < -0.39 is 0 Å². The average molecular weight is 165 g/mol. The third kappa shape index (κ3) is 0.947. The lowest BCUT2D eigenvalue weighted by Crippen LogP contribution is -2.42. The summed E-state index contributed by atoms with van der Waals surface area (Å²) in [6, 6.07) is 0.856. The van der Waals surface area contributed by atoms with Gasteiger partial charge in [-0.15, -0.1) is 0 Å². The van der Waals surface area contributed by atoms with Crippen LogP contribution >= 0.6 is 0 Å². The van der Waals surface area contributed by atoms with E-state index in [0.717, 1.165) is 19.2 Å². The molecule has 66 valence electrons. The van der Waals surface area contributed by atoms with Crippen LogP contribution < -0.4 is 0 Å². The minimum atomic E-state index is 0.458. The van der Waals surface area contributed by atoms with Gasteiger partial charge >= 0.3 is 0 Å². The highest BCUT2D eigenvalue weighted by atomic mass is 16.5. The molecule has 3 rings (SSSR count). The van der Waals surface area contributed by atoms with Crippen molar-refractivity contribution in [1.29, 1.82) is 0 Å². The lowest BCUT2D eigenvalue weighted by Gasteiger charge is -2.34. The standard InChI is InChI=1S/C10H15NO/c1-2-9-6-8-3-5-12-10(8)7-11(9)4-1/h3,9-10H,1-2,4-7H2. The van der Waals surface area contributed by atoms with Crippen LogP contribution in [0.1, 0.15) is 19.3 Å². The van der Waals surface area contributed by atoms with Crippen LogP contribution in [0.2, 0.25) is 0 Å². The first-order valence-corrected chi connectivity index (χ1v) is 4.98. The molecule has 2 nitrogen and oxygen atoms in total. The Morgan fingerprint density at radius 1 is 1.50 bits per heavy atom. The molecule has 0 aromatic rings. The fraction of sp³-hybridized carbons (Fsp3) is 0.800. The number of nitrogens with zero attached hydrogens (tertiary/aromatic N) is 1. The van der Waals surface area contributed by atoms with E-state index in [-0.39, 0.29) is 0 Å². The van der Waals surface area contributed by atoms with Crippen molar-refractivity contribution in [3.8, 4) is 0 Å². The highest BCUT2D eigenvalue weighted by Gasteiger charge is 2.36. The topological polar surface area (TPSA) is 12.5 Å². The third-order valence-corrected chi connectivity index (χ3v) is 3.43. The SMILES string of the molecule is C1=C2CC3CCCN3CC2OC1. The number of rotatable bonds is 0. The Bertz CT molecular complexity index is 224. The van der Waals surface area contributed by atoms with Crippen molar-refractivity contribution in [1.82, 2.24) is 4.90 Å². The van der Waals surface area contributed by atoms with Crippen LogP contribution in [0.5, 0.6) is 0 Å². The van der Waals surface area contributed by atoms with E-state index in [2.05, 4.69) is 11.0 Å². The molecule has 0 bridgehead atoms. The molecule has 2 atom stereocenters. The summed E-state index contributed by atoms with van der Waals surface area (Å²) < 4.78 is 5.63. The molecule has 0 spiro atoms. The number of piperidine rings is 1. The average Bonchev–Trinajstić information content (AvgIpc) is 2.64. The maximum Gasteiger partial charge on any atom is 0.0917 e. The van der Waals surface area contributed by atoms with E-state index in [1.165, 1.54) is 25.8 Å². The molecule has 0 aromatic carbocycles. The molecule has 0 radical (unpaired) electrons. The Balaban J connectivity index is 1.82. The van der Waals surface area contributed by atoms with Gasteiger partial charge in [0.25, 0.3) is 0 Å². The first kappa shape index (κ1) is 7.10. The molecule has 3 aliphatic heterocycles. The van der Waals surface area contributed by atoms with E-state index >= 15 is 0 Å². The second kappa shape index (κ2) is 2.57. The summed E-state index contributed by atoms with van der Waals surface area (Å²) in [5, 5.41) is 0. The Kier molecular flexibility index (Phi) is 1.52. The monoisotopic (exact) mass is 165 g/mol. The summed E-state index contributed by atoms with van der Waals surface area (Å²) in [6.45, 7) is 3.33. The van der Waals surface area contributed by atoms with Crippen molar-refractivity contribution in [3.63, 3.8) is 0 Å². The van der Waals surface area contributed by atoms with Crippen molar-refractivity contribution in [2.45, 2.75) is 31.4 Å². The molecule has 0 aromatic heterocycles. The van der Waals surface area contributed by atoms with E-state index in [9.17, 15) is 0 Å². The lowest BCUT2D eigenvalue weighted by molar-refractivity contribution is 0.0577. The third-order valence-electron chi connectivity index (χ3n) is 3.43. The fourth-order valence-corrected chi connectivity index (χ4v) is 2.75. The number of hydrogen-bond donors (Lipinski definition) is 0. The molecule has 0 amide bonds. The molecular formula is C10H15NO. The van der Waals surface area contributed by atoms with Crippen molar-refractivity contribution >= 4 is 0 Å². The molecule has 0 aliphatic carbocycles. The van der Waals surface area contributed by atoms with Gasteiger partial charge in [0.15, 0.2) is 0 Å². The molecule has 3 heterocycles. The van der Waals surface area contributed by atoms with E-state index in [1.54, 1.807) is 5.57 Å². The van der Waals surface area contributed by atoms with E-state index in [4.69, 9.17) is 4.74 Å². The van der Waals surface area contributed by atoms with Crippen LogP contribution in [0.3, 0.4) is 0 Å². The molecule has 2 unspecified atom stereocenters. The molecular weight excluding hydrogens is 150 g/mol. The van der Waals surface area contributed by atoms with Crippen molar-refractivity contribution in [2.75, 3.05) is 19.7 Å². The highest BCUT2D eigenvalue weighted by Crippen LogP contribution is 2.33. The van der Waals surface area contributed by atoms with Gasteiger partial charge in [-0.1, -0.05) is 6.08 Å². The highest BCUT2D eigenvalue weighted by molar-refractivity contribution is 5.19. The van der Waals surface area contributed by atoms with Crippen LogP contribution in [0.25, 0.3) is 0 Å². The Hall–Kier alpha value is -0.340. The second-order valence-corrected chi connectivity index (χ2v) is 4.10. The minimum absolute atomic E-state index is 0.458. The summed E-state index contributed by atoms with van der Waals surface area (Å²) in [5.74, 6) is 0. The van der Waals surface area contributed by atoms with Gasteiger partial charge < -0.3 is 4.74 Å². The number of fused-ring (bicyclic) bond motifs is 2. The van der Waals surface area contributed by atoms with E-state index in [1.807, 2.05) is 0 Å². The van der Waals surface area contributed by atoms with Crippen molar-refractivity contribution < 1.29 is 4.74 Å². The maximum absolute atomic E-state index is 5.63. The molecule has 2 fully saturated rings. The summed E-state index contributed by atoms with van der Waals surface area (Å²) in [6.07, 6.45) is 6.83. The predicted molar refractivity (Wildman–Crippen MR) is 47.0 cm³/mol. The first-order chi connectivity index (χ1) is 5.93. The van der Waals surface area contributed by atoms with Crippen LogP contribution in [0.15, 0.2) is 11.6 Å². The second-order valence-electron chi connectivity index (χ2n) is 4.10. The fourth-order valence-electron chi connectivity index (χ4n) is 2.75. The van der Waals surface area contributed by atoms with E-state index in [0.29, 0.717) is 6.10 Å². The summed E-state index contributed by atoms with van der Waals surface area (Å²) in [5.41, 5.74) is 1.58. The molecule has 2 heteroatoms. The molecule has 12 heavy (non-hydrogen) atoms. The van der Waals surface area contributed by atoms with Gasteiger partial charge in [-0.25, -0.2) is 0 Å². The largest absolute Gasteiger partial charge is 0.368 e. The van der Waals surface area contributed by atoms with Crippen LogP contribution in [-0.2, 0) is 4.74 Å². The normalized spacial score (nSPS) is 40.8. The zero-order valence-corrected chi connectivity index (χ0v) is 7.33. The molecule has 2 saturated heterocycles. The van der Waals surface area contributed by atoms with Gasteiger partial charge in [-0.3, -0.25) is 4.90 Å². The maximum atomic E-state index is 5.63. The van der Waals surface area contributed by atoms with Crippen molar-refractivity contribution in [3.05, 3.63) is 11.6 Å². The summed E-state index contributed by atoms with van der Waals surface area (Å²) in [4.78, 5) is 2.60. The number of hydrogen-bond acceptors (Lipinski definition) is 2.